The number of benzene rings is 8. The minimum absolute atomic E-state index is 0.623. The average molecular weight is 734 g/mol. The van der Waals surface area contributed by atoms with Crippen molar-refractivity contribution in [3.63, 3.8) is 0 Å². The van der Waals surface area contributed by atoms with Gasteiger partial charge >= 0.3 is 0 Å². The predicted molar refractivity (Wildman–Crippen MR) is 233 cm³/mol. The van der Waals surface area contributed by atoms with Gasteiger partial charge in [0, 0.05) is 58.8 Å². The van der Waals surface area contributed by atoms with Gasteiger partial charge in [-0.2, -0.15) is 0 Å². The Kier molecular flexibility index (Phi) is 7.64. The third-order valence-electron chi connectivity index (χ3n) is 10.6. The number of hydrogen-bond donors (Lipinski definition) is 0. The number of hydrogen-bond acceptors (Lipinski definition) is 5. The first-order valence-corrected chi connectivity index (χ1v) is 19.5. The maximum Gasteiger partial charge on any atom is 0.164 e. The molecule has 0 spiro atoms. The van der Waals surface area contributed by atoms with Crippen molar-refractivity contribution in [2.45, 2.75) is 0 Å². The van der Waals surface area contributed by atoms with Crippen molar-refractivity contribution < 1.29 is 4.42 Å². The Labute approximate surface area is 327 Å². The monoisotopic (exact) mass is 733 g/mol. The fraction of sp³-hybridized carbons (Fsp3) is 0. The van der Waals surface area contributed by atoms with E-state index in [2.05, 4.69) is 127 Å². The van der Waals surface area contributed by atoms with Crippen LogP contribution in [0.2, 0.25) is 0 Å². The molecular formula is C51H31N3OS. The fourth-order valence-electron chi connectivity index (χ4n) is 7.96. The summed E-state index contributed by atoms with van der Waals surface area (Å²) >= 11 is 1.85. The van der Waals surface area contributed by atoms with Crippen LogP contribution in [0.3, 0.4) is 0 Å². The Morgan fingerprint density at radius 3 is 1.61 bits per heavy atom. The van der Waals surface area contributed by atoms with Gasteiger partial charge in [-0.25, -0.2) is 15.0 Å². The lowest BCUT2D eigenvalue weighted by Gasteiger charge is -2.10. The van der Waals surface area contributed by atoms with Crippen LogP contribution in [0.4, 0.5) is 0 Å². The van der Waals surface area contributed by atoms with Gasteiger partial charge in [-0.15, -0.1) is 11.3 Å². The molecule has 5 heteroatoms. The summed E-state index contributed by atoms with van der Waals surface area (Å²) in [6, 6.07) is 65.5. The number of aromatic nitrogens is 3. The highest BCUT2D eigenvalue weighted by Crippen LogP contribution is 2.47. The molecule has 11 rings (SSSR count). The Morgan fingerprint density at radius 2 is 0.875 bits per heavy atom. The number of furan rings is 1. The van der Waals surface area contributed by atoms with E-state index in [9.17, 15) is 0 Å². The van der Waals surface area contributed by atoms with Crippen molar-refractivity contribution in [1.82, 2.24) is 15.0 Å². The van der Waals surface area contributed by atoms with Crippen molar-refractivity contribution in [2.24, 2.45) is 0 Å². The zero-order valence-corrected chi connectivity index (χ0v) is 30.9. The quantitative estimate of drug-likeness (QED) is 0.171. The molecule has 4 nitrogen and oxygen atoms in total. The van der Waals surface area contributed by atoms with Crippen LogP contribution >= 0.6 is 11.3 Å². The first-order chi connectivity index (χ1) is 27.8. The Balaban J connectivity index is 1.08. The standard InChI is InChI=1S/C51H31N3OS/c1-4-15-32(16-5-1)38-29-30-40(48-46(38)41-23-10-11-28-44(41)56-48)39-25-13-26-42-45-37(24-14-27-43(45)55-47(39)42)35-21-12-22-36(31-35)51-53-49(33-17-6-2-7-18-33)52-50(54-51)34-19-8-3-9-20-34/h1-31H. The van der Waals surface area contributed by atoms with Crippen molar-refractivity contribution in [3.8, 4) is 67.5 Å². The topological polar surface area (TPSA) is 51.8 Å². The van der Waals surface area contributed by atoms with Gasteiger partial charge in [-0.1, -0.05) is 170 Å². The van der Waals surface area contributed by atoms with Crippen LogP contribution in [0.15, 0.2) is 192 Å². The van der Waals surface area contributed by atoms with Gasteiger partial charge in [0.1, 0.15) is 11.2 Å². The molecule has 262 valence electrons. The van der Waals surface area contributed by atoms with Crippen LogP contribution in [-0.2, 0) is 0 Å². The van der Waals surface area contributed by atoms with Gasteiger partial charge in [-0.3, -0.25) is 0 Å². The van der Waals surface area contributed by atoms with Gasteiger partial charge in [0.05, 0.1) is 0 Å². The van der Waals surface area contributed by atoms with Crippen LogP contribution < -0.4 is 0 Å². The summed E-state index contributed by atoms with van der Waals surface area (Å²) < 4.78 is 9.39. The van der Waals surface area contributed by atoms with E-state index in [1.54, 1.807) is 0 Å². The van der Waals surface area contributed by atoms with Gasteiger partial charge in [0.15, 0.2) is 17.5 Å². The van der Waals surface area contributed by atoms with Gasteiger partial charge < -0.3 is 4.42 Å². The molecule has 8 aromatic carbocycles. The summed E-state index contributed by atoms with van der Waals surface area (Å²) in [6.45, 7) is 0. The van der Waals surface area contributed by atoms with Crippen LogP contribution in [0.1, 0.15) is 0 Å². The molecule has 3 aromatic heterocycles. The summed E-state index contributed by atoms with van der Waals surface area (Å²) in [5.74, 6) is 1.90. The minimum atomic E-state index is 0.623. The number of nitrogens with zero attached hydrogens (tertiary/aromatic N) is 3. The highest BCUT2D eigenvalue weighted by molar-refractivity contribution is 7.26. The third-order valence-corrected chi connectivity index (χ3v) is 11.8. The van der Waals surface area contributed by atoms with Crippen LogP contribution in [0.25, 0.3) is 110 Å². The van der Waals surface area contributed by atoms with Gasteiger partial charge in [0.25, 0.3) is 0 Å². The van der Waals surface area contributed by atoms with Crippen LogP contribution in [0, 0.1) is 0 Å². The van der Waals surface area contributed by atoms with Crippen molar-refractivity contribution in [3.05, 3.63) is 188 Å². The molecule has 0 unspecified atom stereocenters. The second-order valence-corrected chi connectivity index (χ2v) is 15.0. The van der Waals surface area contributed by atoms with E-state index >= 15 is 0 Å². The van der Waals surface area contributed by atoms with Crippen molar-refractivity contribution in [2.75, 3.05) is 0 Å². The van der Waals surface area contributed by atoms with E-state index in [1.165, 1.54) is 36.9 Å². The van der Waals surface area contributed by atoms with Crippen molar-refractivity contribution >= 4 is 53.4 Å². The molecule has 56 heavy (non-hydrogen) atoms. The van der Waals surface area contributed by atoms with Crippen molar-refractivity contribution in [1.29, 1.82) is 0 Å². The van der Waals surface area contributed by atoms with E-state index in [0.717, 1.165) is 55.3 Å². The highest BCUT2D eigenvalue weighted by Gasteiger charge is 2.21. The number of rotatable bonds is 6. The van der Waals surface area contributed by atoms with Crippen LogP contribution in [-0.4, -0.2) is 15.0 Å². The Bertz CT molecular complexity index is 3180. The lowest BCUT2D eigenvalue weighted by atomic mass is 9.93. The normalized spacial score (nSPS) is 11.6. The highest BCUT2D eigenvalue weighted by atomic mass is 32.1. The molecule has 0 amide bonds. The number of fused-ring (bicyclic) bond motifs is 6. The van der Waals surface area contributed by atoms with E-state index in [1.807, 2.05) is 72.0 Å². The molecule has 0 saturated heterocycles. The largest absolute Gasteiger partial charge is 0.455 e. The maximum atomic E-state index is 6.85. The minimum Gasteiger partial charge on any atom is -0.455 e. The van der Waals surface area contributed by atoms with E-state index in [-0.39, 0.29) is 0 Å². The zero-order chi connectivity index (χ0) is 37.0. The van der Waals surface area contributed by atoms with Crippen LogP contribution in [0.5, 0.6) is 0 Å². The smallest absolute Gasteiger partial charge is 0.164 e. The SMILES string of the molecule is c1ccc(-c2nc(-c3ccccc3)nc(-c3cccc(-c4cccc5oc6c(-c7ccc(-c8ccccc8)c8c7sc7ccccc78)cccc6c45)c3)n2)cc1. The summed E-state index contributed by atoms with van der Waals surface area (Å²) in [6.07, 6.45) is 0. The first-order valence-electron chi connectivity index (χ1n) is 18.7. The predicted octanol–water partition coefficient (Wildman–Crippen LogP) is 14.1. The summed E-state index contributed by atoms with van der Waals surface area (Å²) in [5, 5.41) is 4.72. The second kappa shape index (κ2) is 13.3. The summed E-state index contributed by atoms with van der Waals surface area (Å²) in [7, 11) is 0. The third kappa shape index (κ3) is 5.40. The lowest BCUT2D eigenvalue weighted by Crippen LogP contribution is -2.00. The van der Waals surface area contributed by atoms with E-state index in [0.29, 0.717) is 17.5 Å². The molecule has 11 aromatic rings. The molecule has 0 N–H and O–H groups in total. The second-order valence-electron chi connectivity index (χ2n) is 13.9. The maximum absolute atomic E-state index is 6.85. The molecule has 0 fully saturated rings. The number of para-hydroxylation sites is 1. The lowest BCUT2D eigenvalue weighted by molar-refractivity contribution is 0.670. The van der Waals surface area contributed by atoms with Gasteiger partial charge in [-0.05, 0) is 40.5 Å². The Morgan fingerprint density at radius 1 is 0.357 bits per heavy atom. The molecular weight excluding hydrogens is 703 g/mol. The van der Waals surface area contributed by atoms with Gasteiger partial charge in [0.2, 0.25) is 0 Å². The molecule has 0 aliphatic heterocycles. The fourth-order valence-corrected chi connectivity index (χ4v) is 9.22. The summed E-state index contributed by atoms with van der Waals surface area (Å²) in [5.41, 5.74) is 11.4. The number of thiophene rings is 1. The summed E-state index contributed by atoms with van der Waals surface area (Å²) in [4.78, 5) is 14.9. The molecule has 0 aliphatic rings. The molecule has 0 atom stereocenters. The molecule has 0 aliphatic carbocycles. The van der Waals surface area contributed by atoms with E-state index < -0.39 is 0 Å². The van der Waals surface area contributed by atoms with E-state index in [4.69, 9.17) is 19.4 Å². The molecule has 0 radical (unpaired) electrons. The molecule has 0 bridgehead atoms. The Hall–Kier alpha value is -7.21. The average Bonchev–Trinajstić information content (AvgIpc) is 3.86. The first kappa shape index (κ1) is 32.2. The molecule has 0 saturated carbocycles. The zero-order valence-electron chi connectivity index (χ0n) is 30.1. The molecule has 3 heterocycles.